The van der Waals surface area contributed by atoms with E-state index in [1.165, 1.54) is 6.07 Å². The second-order valence-corrected chi connectivity index (χ2v) is 7.33. The summed E-state index contributed by atoms with van der Waals surface area (Å²) in [6, 6.07) is 5.09. The molecule has 2 aromatic heterocycles. The van der Waals surface area contributed by atoms with Gasteiger partial charge in [0.1, 0.15) is 5.54 Å². The summed E-state index contributed by atoms with van der Waals surface area (Å²) >= 11 is 0. The number of aromatic nitrogens is 2. The predicted octanol–water partition coefficient (Wildman–Crippen LogP) is 2.20. The molecule has 0 aromatic carbocycles. The van der Waals surface area contributed by atoms with Crippen LogP contribution >= 0.6 is 0 Å². The van der Waals surface area contributed by atoms with E-state index in [1.807, 2.05) is 32.9 Å². The van der Waals surface area contributed by atoms with Crippen LogP contribution in [0.2, 0.25) is 0 Å². The number of nitrogens with one attached hydrogen (secondary N) is 1. The molecule has 0 radical (unpaired) electrons. The molecule has 0 spiro atoms. The minimum absolute atomic E-state index is 0.0890. The van der Waals surface area contributed by atoms with Gasteiger partial charge in [-0.05, 0) is 38.1 Å². The third kappa shape index (κ3) is 2.82. The normalized spacial score (nSPS) is 17.6. The Balaban J connectivity index is 2.20. The minimum Gasteiger partial charge on any atom is -0.335 e. The van der Waals surface area contributed by atoms with E-state index in [-0.39, 0.29) is 5.78 Å². The molecule has 1 N–H and O–H groups in total. The first-order valence-corrected chi connectivity index (χ1v) is 8.24. The van der Waals surface area contributed by atoms with Crippen molar-refractivity contribution in [2.75, 3.05) is 13.1 Å². The summed E-state index contributed by atoms with van der Waals surface area (Å²) < 4.78 is 7.07. The Bertz CT molecular complexity index is 778. The van der Waals surface area contributed by atoms with Crippen molar-refractivity contribution in [2.45, 2.75) is 39.2 Å². The quantitative estimate of drug-likeness (QED) is 0.934. The minimum atomic E-state index is -0.842. The van der Waals surface area contributed by atoms with E-state index in [4.69, 9.17) is 4.52 Å². The summed E-state index contributed by atoms with van der Waals surface area (Å²) in [5.74, 6) is 0.0890. The molecule has 6 heteroatoms. The summed E-state index contributed by atoms with van der Waals surface area (Å²) in [4.78, 5) is 29.3. The lowest BCUT2D eigenvalue weighted by molar-refractivity contribution is -0.140. The summed E-state index contributed by atoms with van der Waals surface area (Å²) in [5, 5.41) is 3.29. The van der Waals surface area contributed by atoms with Gasteiger partial charge in [-0.15, -0.1) is 0 Å². The number of carbonyl (C=O) groups excluding carboxylic acids is 1. The molecule has 1 fully saturated rings. The molecule has 0 aliphatic carbocycles. The van der Waals surface area contributed by atoms with Gasteiger partial charge in [0.2, 0.25) is 0 Å². The number of rotatable bonds is 3. The van der Waals surface area contributed by atoms with Crippen molar-refractivity contribution in [1.29, 1.82) is 0 Å². The maximum Gasteiger partial charge on any atom is 0.358 e. The van der Waals surface area contributed by atoms with E-state index in [9.17, 15) is 9.59 Å². The van der Waals surface area contributed by atoms with E-state index < -0.39 is 16.6 Å². The molecule has 2 aromatic rings. The van der Waals surface area contributed by atoms with Crippen LogP contribution in [-0.4, -0.2) is 28.6 Å². The Labute approximate surface area is 140 Å². The monoisotopic (exact) mass is 329 g/mol. The predicted molar refractivity (Wildman–Crippen MR) is 90.7 cm³/mol. The second kappa shape index (κ2) is 6.02. The van der Waals surface area contributed by atoms with Crippen LogP contribution < -0.4 is 10.9 Å². The van der Waals surface area contributed by atoms with Gasteiger partial charge in [0.15, 0.2) is 5.78 Å². The van der Waals surface area contributed by atoms with Gasteiger partial charge < -0.3 is 9.84 Å². The van der Waals surface area contributed by atoms with E-state index >= 15 is 0 Å². The molecule has 0 unspecified atom stereocenters. The Morgan fingerprint density at radius 3 is 2.46 bits per heavy atom. The van der Waals surface area contributed by atoms with Gasteiger partial charge in [0.25, 0.3) is 0 Å². The van der Waals surface area contributed by atoms with Gasteiger partial charge in [0.05, 0.1) is 11.8 Å². The van der Waals surface area contributed by atoms with Crippen molar-refractivity contribution in [1.82, 2.24) is 15.0 Å². The van der Waals surface area contributed by atoms with Crippen LogP contribution in [0.4, 0.5) is 0 Å². The Hall–Kier alpha value is -2.21. The molecule has 6 nitrogen and oxygen atoms in total. The number of Topliss-reactive ketones (excluding diaryl/α,β-unsaturated/α-hetero) is 1. The molecule has 1 aliphatic heterocycles. The molecule has 0 amide bonds. The highest BCUT2D eigenvalue weighted by atomic mass is 16.5. The summed E-state index contributed by atoms with van der Waals surface area (Å²) in [6.07, 6.45) is 4.52. The SMILES string of the molecule is CC(C)(C)C(=O)C1(n2oc(=O)cc2-c2ccncc2)CCNCC1. The van der Waals surface area contributed by atoms with Crippen LogP contribution in [0, 0.1) is 5.41 Å². The molecule has 0 saturated carbocycles. The van der Waals surface area contributed by atoms with E-state index in [1.54, 1.807) is 17.1 Å². The Morgan fingerprint density at radius 1 is 1.25 bits per heavy atom. The first-order chi connectivity index (χ1) is 11.3. The van der Waals surface area contributed by atoms with Crippen LogP contribution in [0.1, 0.15) is 33.6 Å². The van der Waals surface area contributed by atoms with Gasteiger partial charge in [-0.3, -0.25) is 9.78 Å². The highest BCUT2D eigenvalue weighted by molar-refractivity contribution is 5.91. The van der Waals surface area contributed by atoms with Crippen molar-refractivity contribution in [3.05, 3.63) is 41.0 Å². The number of ketones is 1. The third-order valence-electron chi connectivity index (χ3n) is 4.55. The van der Waals surface area contributed by atoms with Crippen LogP contribution in [0.25, 0.3) is 11.3 Å². The highest BCUT2D eigenvalue weighted by Gasteiger charge is 2.48. The lowest BCUT2D eigenvalue weighted by Crippen LogP contribution is -2.53. The molecular formula is C18H23N3O3. The first kappa shape index (κ1) is 16.6. The van der Waals surface area contributed by atoms with Gasteiger partial charge in [-0.1, -0.05) is 20.8 Å². The fraction of sp³-hybridized carbons (Fsp3) is 0.500. The number of hydrogen-bond donors (Lipinski definition) is 1. The van der Waals surface area contributed by atoms with Crippen molar-refractivity contribution in [3.63, 3.8) is 0 Å². The highest BCUT2D eigenvalue weighted by Crippen LogP contribution is 2.38. The van der Waals surface area contributed by atoms with Crippen LogP contribution in [0.15, 0.2) is 39.9 Å². The van der Waals surface area contributed by atoms with Crippen LogP contribution in [0.3, 0.4) is 0 Å². The van der Waals surface area contributed by atoms with E-state index in [0.717, 1.165) is 5.56 Å². The smallest absolute Gasteiger partial charge is 0.335 e. The largest absolute Gasteiger partial charge is 0.358 e. The molecule has 24 heavy (non-hydrogen) atoms. The van der Waals surface area contributed by atoms with Crippen LogP contribution in [0.5, 0.6) is 0 Å². The van der Waals surface area contributed by atoms with Gasteiger partial charge in [0, 0.05) is 23.4 Å². The van der Waals surface area contributed by atoms with Crippen LogP contribution in [-0.2, 0) is 10.3 Å². The van der Waals surface area contributed by atoms with Crippen molar-refractivity contribution >= 4 is 5.78 Å². The lowest BCUT2D eigenvalue weighted by atomic mass is 9.73. The van der Waals surface area contributed by atoms with Crippen molar-refractivity contribution in [2.24, 2.45) is 5.41 Å². The number of pyridine rings is 1. The Morgan fingerprint density at radius 2 is 1.88 bits per heavy atom. The molecule has 0 bridgehead atoms. The van der Waals surface area contributed by atoms with E-state index in [0.29, 0.717) is 31.6 Å². The summed E-state index contributed by atoms with van der Waals surface area (Å²) in [7, 11) is 0. The maximum absolute atomic E-state index is 13.3. The summed E-state index contributed by atoms with van der Waals surface area (Å²) in [5.41, 5.74) is -0.376. The molecule has 1 saturated heterocycles. The molecular weight excluding hydrogens is 306 g/mol. The zero-order valence-electron chi connectivity index (χ0n) is 14.3. The number of carbonyl (C=O) groups is 1. The van der Waals surface area contributed by atoms with E-state index in [2.05, 4.69) is 10.3 Å². The average Bonchev–Trinajstić information content (AvgIpc) is 2.97. The number of piperidine rings is 1. The molecule has 1 aliphatic rings. The topological polar surface area (TPSA) is 77.1 Å². The van der Waals surface area contributed by atoms with Gasteiger partial charge in [-0.25, -0.2) is 4.79 Å². The fourth-order valence-corrected chi connectivity index (χ4v) is 3.44. The maximum atomic E-state index is 13.3. The zero-order valence-corrected chi connectivity index (χ0v) is 14.3. The molecule has 3 heterocycles. The molecule has 128 valence electrons. The number of nitrogens with zero attached hydrogens (tertiary/aromatic N) is 2. The fourth-order valence-electron chi connectivity index (χ4n) is 3.44. The van der Waals surface area contributed by atoms with Gasteiger partial charge >= 0.3 is 5.63 Å². The molecule has 3 rings (SSSR count). The first-order valence-electron chi connectivity index (χ1n) is 8.24. The Kier molecular flexibility index (Phi) is 4.17. The van der Waals surface area contributed by atoms with Gasteiger partial charge in [-0.2, -0.15) is 4.74 Å². The third-order valence-corrected chi connectivity index (χ3v) is 4.55. The van der Waals surface area contributed by atoms with Crippen molar-refractivity contribution < 1.29 is 9.32 Å². The second-order valence-electron chi connectivity index (χ2n) is 7.33. The summed E-state index contributed by atoms with van der Waals surface area (Å²) in [6.45, 7) is 7.14. The zero-order chi connectivity index (χ0) is 17.4. The number of hydrogen-bond acceptors (Lipinski definition) is 5. The average molecular weight is 329 g/mol. The van der Waals surface area contributed by atoms with Crippen molar-refractivity contribution in [3.8, 4) is 11.3 Å². The molecule has 0 atom stereocenters. The standard InChI is InChI=1S/C18H23N3O3/c1-17(2,3)16(23)18(6-10-20-11-7-18)21-14(12-15(22)24-21)13-4-8-19-9-5-13/h4-5,8-9,12,20H,6-7,10-11H2,1-3H3. The lowest BCUT2D eigenvalue weighted by Gasteiger charge is -2.40.